The molecule has 28 heavy (non-hydrogen) atoms. The number of rotatable bonds is 10. The minimum Gasteiger partial charge on any atom is -0.462 e. The van der Waals surface area contributed by atoms with E-state index in [-0.39, 0.29) is 24.2 Å². The predicted octanol–water partition coefficient (Wildman–Crippen LogP) is 6.65. The highest BCUT2D eigenvalue weighted by Crippen LogP contribution is 2.59. The van der Waals surface area contributed by atoms with Gasteiger partial charge >= 0.3 is 5.97 Å². The summed E-state index contributed by atoms with van der Waals surface area (Å²) in [6.07, 6.45) is 17.7. The van der Waals surface area contributed by atoms with Gasteiger partial charge in [-0.05, 0) is 94.8 Å². The molecule has 4 saturated carbocycles. The second-order valence-electron chi connectivity index (χ2n) is 9.88. The van der Waals surface area contributed by atoms with Crippen molar-refractivity contribution in [2.24, 2.45) is 16.7 Å². The summed E-state index contributed by atoms with van der Waals surface area (Å²) in [5.74, 6) is 0.789. The van der Waals surface area contributed by atoms with Crippen molar-refractivity contribution in [1.82, 2.24) is 0 Å². The number of carbonyl (C=O) groups excluding carboxylic acids is 1. The first-order chi connectivity index (χ1) is 13.6. The Morgan fingerprint density at radius 3 is 2.25 bits per heavy atom. The van der Waals surface area contributed by atoms with Gasteiger partial charge in [-0.25, -0.2) is 0 Å². The van der Waals surface area contributed by atoms with Crippen LogP contribution in [0.5, 0.6) is 0 Å². The van der Waals surface area contributed by atoms with Crippen LogP contribution in [-0.2, 0) is 9.53 Å². The first-order valence-corrected chi connectivity index (χ1v) is 11.8. The van der Waals surface area contributed by atoms with Gasteiger partial charge in [-0.3, -0.25) is 9.18 Å². The molecule has 0 heterocycles. The van der Waals surface area contributed by atoms with E-state index in [1.54, 1.807) is 0 Å². The van der Waals surface area contributed by atoms with Gasteiger partial charge in [-0.15, -0.1) is 0 Å². The molecular formula is C24H38FNO2. The molecule has 0 radical (unpaired) electrons. The van der Waals surface area contributed by atoms with Crippen LogP contribution in [0.4, 0.5) is 4.39 Å². The number of alkyl halides is 1. The van der Waals surface area contributed by atoms with Crippen LogP contribution < -0.4 is 0 Å². The summed E-state index contributed by atoms with van der Waals surface area (Å²) in [4.78, 5) is 13.0. The Hall–Kier alpha value is -1.11. The summed E-state index contributed by atoms with van der Waals surface area (Å²) in [6, 6.07) is 2.24. The Labute approximate surface area is 170 Å². The molecule has 4 aliphatic carbocycles. The molecule has 4 rings (SSSR count). The molecule has 2 bridgehead atoms. The van der Waals surface area contributed by atoms with E-state index >= 15 is 0 Å². The van der Waals surface area contributed by atoms with Crippen LogP contribution in [0.1, 0.15) is 109 Å². The highest BCUT2D eigenvalue weighted by molar-refractivity contribution is 5.77. The Bertz CT molecular complexity index is 523. The highest BCUT2D eigenvalue weighted by atomic mass is 19.1. The number of ether oxygens (including phenoxy) is 1. The summed E-state index contributed by atoms with van der Waals surface area (Å²) < 4.78 is 18.3. The molecule has 0 atom stereocenters. The molecule has 4 aliphatic rings. The van der Waals surface area contributed by atoms with Crippen LogP contribution in [0.2, 0.25) is 0 Å². The van der Waals surface area contributed by atoms with Crippen molar-refractivity contribution in [2.75, 3.05) is 6.67 Å². The fraction of sp³-hybridized carbons (Fsp3) is 0.917. The number of carbonyl (C=O) groups is 1. The normalized spacial score (nSPS) is 34.7. The van der Waals surface area contributed by atoms with E-state index < -0.39 is 0 Å². The van der Waals surface area contributed by atoms with Gasteiger partial charge in [0.15, 0.2) is 0 Å². The summed E-state index contributed by atoms with van der Waals surface area (Å²) in [7, 11) is 0. The van der Waals surface area contributed by atoms with E-state index in [1.807, 2.05) is 0 Å². The largest absolute Gasteiger partial charge is 0.462 e. The fourth-order valence-electron chi connectivity index (χ4n) is 5.99. The van der Waals surface area contributed by atoms with Gasteiger partial charge < -0.3 is 4.74 Å². The van der Waals surface area contributed by atoms with E-state index in [0.29, 0.717) is 24.2 Å². The second kappa shape index (κ2) is 10.1. The molecular weight excluding hydrogens is 353 g/mol. The van der Waals surface area contributed by atoms with Crippen LogP contribution in [-0.4, -0.2) is 18.7 Å². The molecule has 0 aliphatic heterocycles. The van der Waals surface area contributed by atoms with Crippen molar-refractivity contribution in [3.8, 4) is 6.07 Å². The first-order valence-electron chi connectivity index (χ1n) is 11.8. The van der Waals surface area contributed by atoms with Gasteiger partial charge in [0.1, 0.15) is 6.10 Å². The topological polar surface area (TPSA) is 50.1 Å². The van der Waals surface area contributed by atoms with Gasteiger partial charge in [-0.2, -0.15) is 5.26 Å². The average Bonchev–Trinajstić information content (AvgIpc) is 2.74. The van der Waals surface area contributed by atoms with Gasteiger partial charge in [0.25, 0.3) is 0 Å². The third-order valence-corrected chi connectivity index (χ3v) is 8.14. The zero-order valence-electron chi connectivity index (χ0n) is 17.5. The smallest absolute Gasteiger partial charge is 0.312 e. The molecule has 0 aromatic heterocycles. The number of nitriles is 1. The minimum atomic E-state index is -0.202. The Balaban J connectivity index is 1.40. The number of hydrogen-bond donors (Lipinski definition) is 0. The first kappa shape index (κ1) is 21.6. The SMILES string of the molecule is N#CCCCCC12CCC(C(=O)OC3CCC(CCCCF)CC3)(CC1)CC2. The van der Waals surface area contributed by atoms with Crippen molar-refractivity contribution in [1.29, 1.82) is 5.26 Å². The molecule has 0 saturated heterocycles. The number of hydrogen-bond acceptors (Lipinski definition) is 3. The van der Waals surface area contributed by atoms with E-state index in [9.17, 15) is 9.18 Å². The zero-order valence-corrected chi connectivity index (χ0v) is 17.5. The molecule has 0 amide bonds. The van der Waals surface area contributed by atoms with E-state index in [4.69, 9.17) is 10.00 Å². The zero-order chi connectivity index (χ0) is 19.9. The predicted molar refractivity (Wildman–Crippen MR) is 108 cm³/mol. The highest BCUT2D eigenvalue weighted by Gasteiger charge is 2.53. The molecule has 0 spiro atoms. The summed E-state index contributed by atoms with van der Waals surface area (Å²) >= 11 is 0. The third kappa shape index (κ3) is 5.28. The lowest BCUT2D eigenvalue weighted by atomic mass is 9.52. The van der Waals surface area contributed by atoms with Crippen molar-refractivity contribution in [3.63, 3.8) is 0 Å². The van der Waals surface area contributed by atoms with Gasteiger partial charge in [0.05, 0.1) is 18.2 Å². The summed E-state index contributed by atoms with van der Waals surface area (Å²) in [5.41, 5.74) is 0.238. The number of fused-ring (bicyclic) bond motifs is 3. The number of esters is 1. The number of halogens is 1. The van der Waals surface area contributed by atoms with Crippen molar-refractivity contribution < 1.29 is 13.9 Å². The van der Waals surface area contributed by atoms with E-state index in [2.05, 4.69) is 6.07 Å². The van der Waals surface area contributed by atoms with Gasteiger partial charge in [0, 0.05) is 6.42 Å². The maximum atomic E-state index is 13.0. The van der Waals surface area contributed by atoms with Crippen molar-refractivity contribution in [3.05, 3.63) is 0 Å². The van der Waals surface area contributed by atoms with E-state index in [1.165, 1.54) is 6.42 Å². The summed E-state index contributed by atoms with van der Waals surface area (Å²) in [5, 5.41) is 8.71. The lowest BCUT2D eigenvalue weighted by molar-refractivity contribution is -0.173. The molecule has 0 N–H and O–H groups in total. The molecule has 0 aromatic carbocycles. The molecule has 4 heteroatoms. The third-order valence-electron chi connectivity index (χ3n) is 8.14. The van der Waals surface area contributed by atoms with Crippen LogP contribution in [0.3, 0.4) is 0 Å². The number of nitrogens with zero attached hydrogens (tertiary/aromatic N) is 1. The van der Waals surface area contributed by atoms with Crippen LogP contribution >= 0.6 is 0 Å². The Kier molecular flexibility index (Phi) is 7.77. The van der Waals surface area contributed by atoms with Crippen LogP contribution in [0.25, 0.3) is 0 Å². The standard InChI is InChI=1S/C24H38FNO2/c25-18-4-2-6-20-7-9-21(10-8-20)28-22(27)24-15-12-23(13-16-24,14-17-24)11-3-1-5-19-26/h20-21H,1-18H2. The maximum Gasteiger partial charge on any atom is 0.312 e. The Morgan fingerprint density at radius 1 is 0.964 bits per heavy atom. The average molecular weight is 392 g/mol. The summed E-state index contributed by atoms with van der Waals surface area (Å²) in [6.45, 7) is -0.198. The molecule has 4 fully saturated rings. The van der Waals surface area contributed by atoms with Crippen molar-refractivity contribution >= 4 is 5.97 Å². The lowest BCUT2D eigenvalue weighted by Crippen LogP contribution is -2.47. The molecule has 0 aromatic rings. The lowest BCUT2D eigenvalue weighted by Gasteiger charge is -2.52. The van der Waals surface area contributed by atoms with Gasteiger partial charge in [0.2, 0.25) is 0 Å². The van der Waals surface area contributed by atoms with Crippen LogP contribution in [0.15, 0.2) is 0 Å². The fourth-order valence-corrected chi connectivity index (χ4v) is 5.99. The maximum absolute atomic E-state index is 13.0. The quantitative estimate of drug-likeness (QED) is 0.309. The van der Waals surface area contributed by atoms with Gasteiger partial charge in [-0.1, -0.05) is 19.3 Å². The second-order valence-corrected chi connectivity index (χ2v) is 9.88. The minimum absolute atomic E-state index is 0.0890. The molecule has 158 valence electrons. The van der Waals surface area contributed by atoms with E-state index in [0.717, 1.165) is 89.9 Å². The number of unbranched alkanes of at least 4 members (excludes halogenated alkanes) is 3. The monoisotopic (exact) mass is 391 g/mol. The molecule has 0 unspecified atom stereocenters. The Morgan fingerprint density at radius 2 is 1.64 bits per heavy atom. The molecule has 3 nitrogen and oxygen atoms in total. The van der Waals surface area contributed by atoms with Crippen molar-refractivity contribution in [2.45, 2.75) is 115 Å². The van der Waals surface area contributed by atoms with Crippen LogP contribution in [0, 0.1) is 28.1 Å².